The average Bonchev–Trinajstić information content (AvgIpc) is 2.40. The number of hydrogen-bond donors (Lipinski definition) is 0. The number of ketones is 1. The van der Waals surface area contributed by atoms with Crippen LogP contribution in [0.15, 0.2) is 36.4 Å². The Labute approximate surface area is 123 Å². The molecule has 0 amide bonds. The molecule has 0 saturated carbocycles. The van der Waals surface area contributed by atoms with Crippen LogP contribution in [0.2, 0.25) is 5.02 Å². The van der Waals surface area contributed by atoms with Crippen LogP contribution >= 0.6 is 11.6 Å². The quantitative estimate of drug-likeness (QED) is 0.560. The highest BCUT2D eigenvalue weighted by Crippen LogP contribution is 2.31. The number of carbonyl (C=O) groups excluding carboxylic acids is 1. The third-order valence-corrected chi connectivity index (χ3v) is 3.29. The Bertz CT molecular complexity index is 707. The molecule has 0 radical (unpaired) electrons. The molecular weight excluding hydrogens is 308 g/mol. The van der Waals surface area contributed by atoms with Crippen LogP contribution in [0.4, 0.5) is 17.6 Å². The third kappa shape index (κ3) is 3.08. The van der Waals surface area contributed by atoms with E-state index in [4.69, 9.17) is 11.6 Å². The molecule has 0 aromatic heterocycles. The van der Waals surface area contributed by atoms with E-state index in [9.17, 15) is 22.4 Å². The van der Waals surface area contributed by atoms with E-state index in [0.717, 1.165) is 18.2 Å². The van der Waals surface area contributed by atoms with Crippen molar-refractivity contribution in [2.24, 2.45) is 0 Å². The predicted molar refractivity (Wildman–Crippen MR) is 71.0 cm³/mol. The van der Waals surface area contributed by atoms with E-state index < -0.39 is 23.3 Å². The van der Waals surface area contributed by atoms with Gasteiger partial charge in [0.05, 0.1) is 16.1 Å². The summed E-state index contributed by atoms with van der Waals surface area (Å²) in [6.45, 7) is 1.37. The van der Waals surface area contributed by atoms with Crippen LogP contribution in [0.3, 0.4) is 0 Å². The maximum Gasteiger partial charge on any atom is 0.416 e. The third-order valence-electron chi connectivity index (χ3n) is 2.99. The number of hydrogen-bond acceptors (Lipinski definition) is 1. The molecule has 2 aromatic carbocycles. The Morgan fingerprint density at radius 3 is 2.33 bits per heavy atom. The lowest BCUT2D eigenvalue weighted by Crippen LogP contribution is -2.10. The summed E-state index contributed by atoms with van der Waals surface area (Å²) in [5, 5.41) is -0.217. The summed E-state index contributed by atoms with van der Waals surface area (Å²) in [6.07, 6.45) is -4.49. The van der Waals surface area contributed by atoms with Crippen LogP contribution in [0.5, 0.6) is 0 Å². The maximum atomic E-state index is 13.8. The Morgan fingerprint density at radius 2 is 1.76 bits per heavy atom. The minimum atomic E-state index is -4.49. The fourth-order valence-electron chi connectivity index (χ4n) is 1.92. The summed E-state index contributed by atoms with van der Waals surface area (Å²) in [4.78, 5) is 12.2. The van der Waals surface area contributed by atoms with Crippen LogP contribution in [-0.2, 0) is 6.18 Å². The molecule has 0 saturated heterocycles. The number of benzene rings is 2. The lowest BCUT2D eigenvalue weighted by atomic mass is 9.97. The Hall–Kier alpha value is -1.88. The SMILES string of the molecule is Cc1cc(C(F)(F)F)ccc1C(=O)c1cccc(Cl)c1F. The molecule has 0 fully saturated rings. The van der Waals surface area contributed by atoms with E-state index in [1.807, 2.05) is 0 Å². The molecule has 0 spiro atoms. The highest BCUT2D eigenvalue weighted by molar-refractivity contribution is 6.31. The van der Waals surface area contributed by atoms with Crippen molar-refractivity contribution in [2.75, 3.05) is 0 Å². The molecule has 110 valence electrons. The van der Waals surface area contributed by atoms with Crippen LogP contribution in [-0.4, -0.2) is 5.78 Å². The first-order chi connectivity index (χ1) is 9.71. The van der Waals surface area contributed by atoms with Gasteiger partial charge in [0.2, 0.25) is 0 Å². The van der Waals surface area contributed by atoms with Gasteiger partial charge >= 0.3 is 6.18 Å². The van der Waals surface area contributed by atoms with Gasteiger partial charge in [-0.1, -0.05) is 23.7 Å². The molecule has 0 aliphatic rings. The first-order valence-electron chi connectivity index (χ1n) is 5.88. The second-order valence-electron chi connectivity index (χ2n) is 4.46. The van der Waals surface area contributed by atoms with Crippen molar-refractivity contribution in [3.63, 3.8) is 0 Å². The van der Waals surface area contributed by atoms with Crippen molar-refractivity contribution in [1.29, 1.82) is 0 Å². The predicted octanol–water partition coefficient (Wildman–Crippen LogP) is 5.04. The summed E-state index contributed by atoms with van der Waals surface area (Å²) in [7, 11) is 0. The van der Waals surface area contributed by atoms with Crippen molar-refractivity contribution in [2.45, 2.75) is 13.1 Å². The molecular formula is C15H9ClF4O. The number of halogens is 5. The van der Waals surface area contributed by atoms with E-state index in [-0.39, 0.29) is 21.7 Å². The highest BCUT2D eigenvalue weighted by atomic mass is 35.5. The van der Waals surface area contributed by atoms with Crippen molar-refractivity contribution >= 4 is 17.4 Å². The maximum absolute atomic E-state index is 13.8. The number of aryl methyl sites for hydroxylation is 1. The minimum Gasteiger partial charge on any atom is -0.288 e. The van der Waals surface area contributed by atoms with Crippen molar-refractivity contribution < 1.29 is 22.4 Å². The van der Waals surface area contributed by atoms with Gasteiger partial charge in [-0.3, -0.25) is 4.79 Å². The van der Waals surface area contributed by atoms with Crippen molar-refractivity contribution in [1.82, 2.24) is 0 Å². The molecule has 0 atom stereocenters. The van der Waals surface area contributed by atoms with Gasteiger partial charge in [0.25, 0.3) is 0 Å². The topological polar surface area (TPSA) is 17.1 Å². The van der Waals surface area contributed by atoms with E-state index in [0.29, 0.717) is 0 Å². The molecule has 0 aliphatic carbocycles. The molecule has 6 heteroatoms. The van der Waals surface area contributed by atoms with Gasteiger partial charge in [0.15, 0.2) is 11.6 Å². The van der Waals surface area contributed by atoms with Crippen LogP contribution in [0, 0.1) is 12.7 Å². The molecule has 2 aromatic rings. The molecule has 0 unspecified atom stereocenters. The summed E-state index contributed by atoms with van der Waals surface area (Å²) in [5.74, 6) is -1.59. The zero-order chi connectivity index (χ0) is 15.8. The van der Waals surface area contributed by atoms with Gasteiger partial charge in [-0.2, -0.15) is 13.2 Å². The molecule has 0 bridgehead atoms. The lowest BCUT2D eigenvalue weighted by Gasteiger charge is -2.11. The number of carbonyl (C=O) groups is 1. The Morgan fingerprint density at radius 1 is 1.10 bits per heavy atom. The van der Waals surface area contributed by atoms with Gasteiger partial charge < -0.3 is 0 Å². The molecule has 0 N–H and O–H groups in total. The summed E-state index contributed by atoms with van der Waals surface area (Å²) in [6, 6.07) is 6.62. The molecule has 1 nitrogen and oxygen atoms in total. The normalized spacial score (nSPS) is 11.5. The van der Waals surface area contributed by atoms with E-state index >= 15 is 0 Å². The Kier molecular flexibility index (Phi) is 4.05. The molecule has 21 heavy (non-hydrogen) atoms. The zero-order valence-electron chi connectivity index (χ0n) is 10.8. The summed E-state index contributed by atoms with van der Waals surface area (Å²) < 4.78 is 51.5. The van der Waals surface area contributed by atoms with E-state index in [2.05, 4.69) is 0 Å². The van der Waals surface area contributed by atoms with Crippen LogP contribution in [0.1, 0.15) is 27.0 Å². The zero-order valence-corrected chi connectivity index (χ0v) is 11.5. The standard InChI is InChI=1S/C15H9ClF4O/c1-8-7-9(15(18,19)20)5-6-10(8)14(21)11-3-2-4-12(16)13(11)17/h2-7H,1H3. The second-order valence-corrected chi connectivity index (χ2v) is 4.87. The summed E-state index contributed by atoms with van der Waals surface area (Å²) in [5.41, 5.74) is -1.01. The largest absolute Gasteiger partial charge is 0.416 e. The second kappa shape index (κ2) is 5.48. The number of alkyl halides is 3. The fourth-order valence-corrected chi connectivity index (χ4v) is 2.09. The smallest absolute Gasteiger partial charge is 0.288 e. The molecule has 0 heterocycles. The van der Waals surface area contributed by atoms with Gasteiger partial charge in [0.1, 0.15) is 0 Å². The van der Waals surface area contributed by atoms with Gasteiger partial charge in [-0.25, -0.2) is 4.39 Å². The minimum absolute atomic E-state index is 0.00386. The van der Waals surface area contributed by atoms with Crippen LogP contribution in [0.25, 0.3) is 0 Å². The molecule has 0 aliphatic heterocycles. The van der Waals surface area contributed by atoms with Gasteiger partial charge in [-0.05, 0) is 36.8 Å². The lowest BCUT2D eigenvalue weighted by molar-refractivity contribution is -0.137. The summed E-state index contributed by atoms with van der Waals surface area (Å²) >= 11 is 5.59. The van der Waals surface area contributed by atoms with Gasteiger partial charge in [0, 0.05) is 5.56 Å². The van der Waals surface area contributed by atoms with E-state index in [1.54, 1.807) is 0 Å². The van der Waals surface area contributed by atoms with Crippen molar-refractivity contribution in [3.8, 4) is 0 Å². The first-order valence-corrected chi connectivity index (χ1v) is 6.26. The Balaban J connectivity index is 2.48. The number of rotatable bonds is 2. The average molecular weight is 317 g/mol. The van der Waals surface area contributed by atoms with Crippen molar-refractivity contribution in [3.05, 3.63) is 69.5 Å². The van der Waals surface area contributed by atoms with Gasteiger partial charge in [-0.15, -0.1) is 0 Å². The first kappa shape index (κ1) is 15.5. The van der Waals surface area contributed by atoms with E-state index in [1.165, 1.54) is 25.1 Å². The molecule has 2 rings (SSSR count). The highest BCUT2D eigenvalue weighted by Gasteiger charge is 2.31. The van der Waals surface area contributed by atoms with Crippen LogP contribution < -0.4 is 0 Å². The fraction of sp³-hybridized carbons (Fsp3) is 0.133. The monoisotopic (exact) mass is 316 g/mol.